The number of aryl methyl sites for hydroxylation is 1. The zero-order valence-corrected chi connectivity index (χ0v) is 11.7. The zero-order chi connectivity index (χ0) is 13.0. The molecule has 100 valence electrons. The molecule has 1 N–H and O–H groups in total. The van der Waals surface area contributed by atoms with Gasteiger partial charge in [0.15, 0.2) is 0 Å². The summed E-state index contributed by atoms with van der Waals surface area (Å²) < 4.78 is 13.2. The van der Waals surface area contributed by atoms with Crippen LogP contribution in [0.4, 0.5) is 4.39 Å². The first-order valence-electron chi connectivity index (χ1n) is 6.67. The van der Waals surface area contributed by atoms with Gasteiger partial charge in [-0.1, -0.05) is 18.9 Å². The van der Waals surface area contributed by atoms with Crippen LogP contribution in [0.3, 0.4) is 0 Å². The average Bonchev–Trinajstić information content (AvgIpc) is 2.83. The fraction of sp³-hybridized carbons (Fsp3) is 0.600. The minimum atomic E-state index is -0.162. The monoisotopic (exact) mass is 269 g/mol. The topological polar surface area (TPSA) is 12.0 Å². The van der Waals surface area contributed by atoms with Crippen LogP contribution in [-0.4, -0.2) is 12.4 Å². The largest absolute Gasteiger partial charge is 0.312 e. The quantitative estimate of drug-likeness (QED) is 0.796. The van der Waals surface area contributed by atoms with Gasteiger partial charge in [-0.15, -0.1) is 11.6 Å². The lowest BCUT2D eigenvalue weighted by Crippen LogP contribution is -2.33. The van der Waals surface area contributed by atoms with E-state index in [9.17, 15) is 4.39 Å². The number of alkyl halides is 1. The molecule has 1 fully saturated rings. The summed E-state index contributed by atoms with van der Waals surface area (Å²) in [7, 11) is 0. The molecular formula is C15H21ClFN. The summed E-state index contributed by atoms with van der Waals surface area (Å²) in [6.45, 7) is 3.68. The predicted octanol–water partition coefficient (Wildman–Crippen LogP) is 4.02. The molecule has 0 amide bonds. The summed E-state index contributed by atoms with van der Waals surface area (Å²) in [6, 6.07) is 4.96. The molecule has 0 unspecified atom stereocenters. The number of nitrogens with one attached hydrogen (secondary N) is 1. The van der Waals surface area contributed by atoms with Gasteiger partial charge < -0.3 is 5.32 Å². The molecule has 0 saturated heterocycles. The molecule has 1 saturated carbocycles. The van der Waals surface area contributed by atoms with Gasteiger partial charge in [0.05, 0.1) is 0 Å². The molecule has 0 spiro atoms. The maximum Gasteiger partial charge on any atom is 0.123 e. The van der Waals surface area contributed by atoms with E-state index in [-0.39, 0.29) is 11.2 Å². The van der Waals surface area contributed by atoms with E-state index in [4.69, 9.17) is 11.6 Å². The number of rotatable bonds is 5. The summed E-state index contributed by atoms with van der Waals surface area (Å²) >= 11 is 6.10. The molecule has 1 aromatic carbocycles. The van der Waals surface area contributed by atoms with Gasteiger partial charge in [0.2, 0.25) is 0 Å². The van der Waals surface area contributed by atoms with E-state index in [1.807, 2.05) is 13.0 Å². The van der Waals surface area contributed by atoms with Crippen LogP contribution >= 0.6 is 11.6 Å². The van der Waals surface area contributed by atoms with Crippen molar-refractivity contribution in [2.45, 2.75) is 39.2 Å². The Bertz CT molecular complexity index is 399. The van der Waals surface area contributed by atoms with Crippen molar-refractivity contribution >= 4 is 11.6 Å². The van der Waals surface area contributed by atoms with Crippen molar-refractivity contribution in [3.05, 3.63) is 35.1 Å². The molecule has 3 heteroatoms. The Labute approximate surface area is 114 Å². The number of hydrogen-bond donors (Lipinski definition) is 1. The van der Waals surface area contributed by atoms with E-state index in [0.29, 0.717) is 0 Å². The molecular weight excluding hydrogens is 249 g/mol. The number of hydrogen-bond acceptors (Lipinski definition) is 1. The van der Waals surface area contributed by atoms with Gasteiger partial charge in [-0.3, -0.25) is 0 Å². The van der Waals surface area contributed by atoms with Crippen molar-refractivity contribution in [1.29, 1.82) is 0 Å². The third kappa shape index (κ3) is 3.24. The molecule has 18 heavy (non-hydrogen) atoms. The first-order chi connectivity index (χ1) is 8.65. The molecule has 2 rings (SSSR count). The van der Waals surface area contributed by atoms with Gasteiger partial charge in [0.1, 0.15) is 5.82 Å². The Morgan fingerprint density at radius 2 is 2.06 bits per heavy atom. The predicted molar refractivity (Wildman–Crippen MR) is 74.5 cm³/mol. The summed E-state index contributed by atoms with van der Waals surface area (Å²) in [4.78, 5) is 0. The average molecular weight is 270 g/mol. The minimum Gasteiger partial charge on any atom is -0.312 e. The molecule has 1 nitrogen and oxygen atoms in total. The number of halogens is 2. The smallest absolute Gasteiger partial charge is 0.123 e. The lowest BCUT2D eigenvalue weighted by molar-refractivity contribution is 0.320. The molecule has 1 aliphatic rings. The van der Waals surface area contributed by atoms with E-state index in [1.54, 1.807) is 6.07 Å². The lowest BCUT2D eigenvalue weighted by atomic mass is 9.88. The third-order valence-corrected chi connectivity index (χ3v) is 4.64. The van der Waals surface area contributed by atoms with Gasteiger partial charge in [0, 0.05) is 19.0 Å². The van der Waals surface area contributed by atoms with Crippen molar-refractivity contribution in [1.82, 2.24) is 5.32 Å². The van der Waals surface area contributed by atoms with E-state index in [1.165, 1.54) is 31.7 Å². The van der Waals surface area contributed by atoms with E-state index < -0.39 is 0 Å². The van der Waals surface area contributed by atoms with E-state index in [2.05, 4.69) is 5.32 Å². The van der Waals surface area contributed by atoms with Crippen LogP contribution in [0, 0.1) is 18.2 Å². The third-order valence-electron chi connectivity index (χ3n) is 4.07. The SMILES string of the molecule is Cc1ccc(F)cc1CNCC1(CCl)CCCC1. The van der Waals surface area contributed by atoms with Gasteiger partial charge in [-0.05, 0) is 48.4 Å². The van der Waals surface area contributed by atoms with E-state index in [0.717, 1.165) is 30.1 Å². The second-order valence-corrected chi connectivity index (χ2v) is 5.78. The van der Waals surface area contributed by atoms with Crippen LogP contribution in [0.2, 0.25) is 0 Å². The number of benzene rings is 1. The molecule has 0 aliphatic heterocycles. The zero-order valence-electron chi connectivity index (χ0n) is 10.9. The van der Waals surface area contributed by atoms with Crippen molar-refractivity contribution in [2.75, 3.05) is 12.4 Å². The molecule has 1 aromatic rings. The van der Waals surface area contributed by atoms with Crippen LogP contribution in [0.15, 0.2) is 18.2 Å². The summed E-state index contributed by atoms with van der Waals surface area (Å²) in [5, 5.41) is 3.45. The molecule has 0 atom stereocenters. The second-order valence-electron chi connectivity index (χ2n) is 5.52. The Morgan fingerprint density at radius 1 is 1.33 bits per heavy atom. The van der Waals surface area contributed by atoms with Crippen LogP contribution < -0.4 is 5.32 Å². The standard InChI is InChI=1S/C15H21ClFN/c1-12-4-5-14(17)8-13(12)9-18-11-15(10-16)6-2-3-7-15/h4-5,8,18H,2-3,6-7,9-11H2,1H3. The molecule has 1 aliphatic carbocycles. The highest BCUT2D eigenvalue weighted by Gasteiger charge is 2.32. The van der Waals surface area contributed by atoms with Crippen LogP contribution in [-0.2, 0) is 6.54 Å². The van der Waals surface area contributed by atoms with E-state index >= 15 is 0 Å². The van der Waals surface area contributed by atoms with Crippen molar-refractivity contribution in [2.24, 2.45) is 5.41 Å². The Balaban J connectivity index is 1.89. The van der Waals surface area contributed by atoms with Crippen molar-refractivity contribution < 1.29 is 4.39 Å². The Kier molecular flexibility index (Phi) is 4.63. The maximum atomic E-state index is 13.2. The van der Waals surface area contributed by atoms with Gasteiger partial charge in [-0.25, -0.2) is 4.39 Å². The normalized spacial score (nSPS) is 18.2. The molecule has 0 bridgehead atoms. The maximum absolute atomic E-state index is 13.2. The molecule has 0 aromatic heterocycles. The van der Waals surface area contributed by atoms with Crippen LogP contribution in [0.1, 0.15) is 36.8 Å². The highest BCUT2D eigenvalue weighted by atomic mass is 35.5. The van der Waals surface area contributed by atoms with Crippen molar-refractivity contribution in [3.63, 3.8) is 0 Å². The van der Waals surface area contributed by atoms with Gasteiger partial charge in [-0.2, -0.15) is 0 Å². The minimum absolute atomic E-state index is 0.162. The first kappa shape index (κ1) is 13.8. The van der Waals surface area contributed by atoms with Gasteiger partial charge >= 0.3 is 0 Å². The molecule has 0 heterocycles. The van der Waals surface area contributed by atoms with Crippen molar-refractivity contribution in [3.8, 4) is 0 Å². The van der Waals surface area contributed by atoms with Crippen LogP contribution in [0.25, 0.3) is 0 Å². The second kappa shape index (κ2) is 6.03. The fourth-order valence-corrected chi connectivity index (χ4v) is 3.14. The Hall–Kier alpha value is -0.600. The summed E-state index contributed by atoms with van der Waals surface area (Å²) in [6.07, 6.45) is 5.00. The first-order valence-corrected chi connectivity index (χ1v) is 7.20. The summed E-state index contributed by atoms with van der Waals surface area (Å²) in [5.41, 5.74) is 2.44. The lowest BCUT2D eigenvalue weighted by Gasteiger charge is -2.26. The summed E-state index contributed by atoms with van der Waals surface area (Å²) in [5.74, 6) is 0.563. The highest BCUT2D eigenvalue weighted by molar-refractivity contribution is 6.18. The highest BCUT2D eigenvalue weighted by Crippen LogP contribution is 2.38. The Morgan fingerprint density at radius 3 is 2.72 bits per heavy atom. The molecule has 0 radical (unpaired) electrons. The van der Waals surface area contributed by atoms with Crippen LogP contribution in [0.5, 0.6) is 0 Å². The fourth-order valence-electron chi connectivity index (χ4n) is 2.78. The van der Waals surface area contributed by atoms with Gasteiger partial charge in [0.25, 0.3) is 0 Å².